The number of rotatable bonds is 3. The molecule has 0 spiro atoms. The van der Waals surface area contributed by atoms with Crippen LogP contribution in [0.2, 0.25) is 0 Å². The lowest BCUT2D eigenvalue weighted by Crippen LogP contribution is -2.43. The van der Waals surface area contributed by atoms with Crippen LogP contribution < -0.4 is 5.32 Å². The third kappa shape index (κ3) is 2.51. The Balaban J connectivity index is 1.70. The summed E-state index contributed by atoms with van der Waals surface area (Å²) in [6, 6.07) is 10.3. The number of carbonyl (C=O) groups excluding carboxylic acids is 1. The van der Waals surface area contributed by atoms with Crippen LogP contribution in [0.25, 0.3) is 0 Å². The van der Waals surface area contributed by atoms with Gasteiger partial charge in [-0.3, -0.25) is 10.1 Å². The zero-order valence-corrected chi connectivity index (χ0v) is 11.2. The van der Waals surface area contributed by atoms with E-state index in [9.17, 15) is 4.79 Å². The first-order valence-electron chi connectivity index (χ1n) is 6.95. The molecule has 4 nitrogen and oxygen atoms in total. The van der Waals surface area contributed by atoms with E-state index in [-0.39, 0.29) is 24.2 Å². The highest BCUT2D eigenvalue weighted by molar-refractivity contribution is 5.85. The fourth-order valence-electron chi connectivity index (χ4n) is 3.05. The van der Waals surface area contributed by atoms with E-state index in [2.05, 4.69) is 24.4 Å². The van der Waals surface area contributed by atoms with Crippen LogP contribution in [0.5, 0.6) is 0 Å². The lowest BCUT2D eigenvalue weighted by Gasteiger charge is -2.26. The number of nitrogens with one attached hydrogen (secondary N) is 1. The SMILES string of the molecule is CC1NC(Cc2ccccc2)C(=O)N1C1CCOC1. The molecule has 2 saturated heterocycles. The Kier molecular flexibility index (Phi) is 3.53. The van der Waals surface area contributed by atoms with Crippen LogP contribution in [0.4, 0.5) is 0 Å². The summed E-state index contributed by atoms with van der Waals surface area (Å²) in [5.41, 5.74) is 1.20. The van der Waals surface area contributed by atoms with Crippen LogP contribution in [-0.2, 0) is 16.0 Å². The molecule has 0 radical (unpaired) electrons. The third-order valence-corrected chi connectivity index (χ3v) is 3.99. The summed E-state index contributed by atoms with van der Waals surface area (Å²) < 4.78 is 5.40. The van der Waals surface area contributed by atoms with Crippen molar-refractivity contribution in [3.63, 3.8) is 0 Å². The van der Waals surface area contributed by atoms with E-state index in [0.29, 0.717) is 6.61 Å². The van der Waals surface area contributed by atoms with E-state index in [4.69, 9.17) is 4.74 Å². The van der Waals surface area contributed by atoms with E-state index in [1.54, 1.807) is 0 Å². The van der Waals surface area contributed by atoms with Gasteiger partial charge in [-0.1, -0.05) is 30.3 Å². The van der Waals surface area contributed by atoms with Crippen LogP contribution >= 0.6 is 0 Å². The van der Waals surface area contributed by atoms with Gasteiger partial charge in [0.1, 0.15) is 0 Å². The Labute approximate surface area is 113 Å². The highest BCUT2D eigenvalue weighted by Gasteiger charge is 2.41. The number of nitrogens with zero attached hydrogens (tertiary/aromatic N) is 1. The molecule has 1 N–H and O–H groups in total. The Hall–Kier alpha value is -1.39. The summed E-state index contributed by atoms with van der Waals surface area (Å²) in [5.74, 6) is 0.215. The lowest BCUT2D eigenvalue weighted by atomic mass is 10.1. The molecule has 0 bridgehead atoms. The van der Waals surface area contributed by atoms with Gasteiger partial charge in [0.25, 0.3) is 0 Å². The average Bonchev–Trinajstić information content (AvgIpc) is 3.01. The van der Waals surface area contributed by atoms with Crippen LogP contribution in [0.1, 0.15) is 18.9 Å². The Morgan fingerprint density at radius 3 is 2.84 bits per heavy atom. The van der Waals surface area contributed by atoms with E-state index in [1.807, 2.05) is 23.1 Å². The molecule has 2 heterocycles. The van der Waals surface area contributed by atoms with E-state index in [0.717, 1.165) is 19.4 Å². The number of carbonyl (C=O) groups is 1. The van der Waals surface area contributed by atoms with Crippen molar-refractivity contribution in [1.82, 2.24) is 10.2 Å². The predicted molar refractivity (Wildman–Crippen MR) is 72.6 cm³/mol. The van der Waals surface area contributed by atoms with Gasteiger partial charge in [0.05, 0.1) is 24.9 Å². The Morgan fingerprint density at radius 2 is 2.16 bits per heavy atom. The van der Waals surface area contributed by atoms with Crippen molar-refractivity contribution in [2.75, 3.05) is 13.2 Å². The molecule has 1 amide bonds. The molecule has 0 aromatic heterocycles. The molecule has 0 aliphatic carbocycles. The second-order valence-corrected chi connectivity index (χ2v) is 5.35. The fourth-order valence-corrected chi connectivity index (χ4v) is 3.05. The van der Waals surface area contributed by atoms with E-state index >= 15 is 0 Å². The van der Waals surface area contributed by atoms with Crippen molar-refractivity contribution in [3.05, 3.63) is 35.9 Å². The van der Waals surface area contributed by atoms with Gasteiger partial charge >= 0.3 is 0 Å². The van der Waals surface area contributed by atoms with Crippen LogP contribution in [-0.4, -0.2) is 42.3 Å². The maximum absolute atomic E-state index is 12.5. The predicted octanol–water partition coefficient (Wildman–Crippen LogP) is 1.16. The molecule has 0 saturated carbocycles. The molecule has 3 atom stereocenters. The van der Waals surface area contributed by atoms with Gasteiger partial charge in [-0.2, -0.15) is 0 Å². The molecule has 1 aromatic rings. The van der Waals surface area contributed by atoms with Crippen molar-refractivity contribution in [3.8, 4) is 0 Å². The molecule has 2 fully saturated rings. The average molecular weight is 260 g/mol. The smallest absolute Gasteiger partial charge is 0.241 e. The quantitative estimate of drug-likeness (QED) is 0.887. The minimum atomic E-state index is -0.0991. The van der Waals surface area contributed by atoms with Gasteiger partial charge in [-0.05, 0) is 25.3 Å². The molecule has 1 aromatic carbocycles. The molecule has 19 heavy (non-hydrogen) atoms. The molecule has 4 heteroatoms. The van der Waals surface area contributed by atoms with Crippen LogP contribution in [0.3, 0.4) is 0 Å². The number of benzene rings is 1. The first-order chi connectivity index (χ1) is 9.25. The second-order valence-electron chi connectivity index (χ2n) is 5.35. The van der Waals surface area contributed by atoms with Crippen molar-refractivity contribution in [2.24, 2.45) is 0 Å². The second kappa shape index (κ2) is 5.31. The van der Waals surface area contributed by atoms with Crippen molar-refractivity contribution in [2.45, 2.75) is 38.0 Å². The van der Waals surface area contributed by atoms with Crippen molar-refractivity contribution in [1.29, 1.82) is 0 Å². The third-order valence-electron chi connectivity index (χ3n) is 3.99. The summed E-state index contributed by atoms with van der Waals surface area (Å²) in [6.45, 7) is 3.50. The first-order valence-corrected chi connectivity index (χ1v) is 6.95. The minimum absolute atomic E-state index is 0.0991. The molecular weight excluding hydrogens is 240 g/mol. The monoisotopic (exact) mass is 260 g/mol. The summed E-state index contributed by atoms with van der Waals surface area (Å²) >= 11 is 0. The molecular formula is C15H20N2O2. The number of amides is 1. The van der Waals surface area contributed by atoms with Gasteiger partial charge in [-0.15, -0.1) is 0 Å². The van der Waals surface area contributed by atoms with Crippen LogP contribution in [0.15, 0.2) is 30.3 Å². The zero-order valence-electron chi connectivity index (χ0n) is 11.2. The largest absolute Gasteiger partial charge is 0.379 e. The van der Waals surface area contributed by atoms with Gasteiger partial charge in [0, 0.05) is 6.61 Å². The molecule has 2 aliphatic heterocycles. The summed E-state index contributed by atoms with van der Waals surface area (Å²) in [7, 11) is 0. The van der Waals surface area contributed by atoms with Gasteiger partial charge in [0.2, 0.25) is 5.91 Å². The van der Waals surface area contributed by atoms with E-state index < -0.39 is 0 Å². The van der Waals surface area contributed by atoms with Crippen molar-refractivity contribution < 1.29 is 9.53 Å². The lowest BCUT2D eigenvalue weighted by molar-refractivity contribution is -0.132. The number of hydrogen-bond acceptors (Lipinski definition) is 3. The maximum Gasteiger partial charge on any atom is 0.241 e. The number of ether oxygens (including phenoxy) is 1. The van der Waals surface area contributed by atoms with Crippen LogP contribution in [0, 0.1) is 0 Å². The normalized spacial score (nSPS) is 31.1. The highest BCUT2D eigenvalue weighted by Crippen LogP contribution is 2.22. The van der Waals surface area contributed by atoms with Gasteiger partial charge in [0.15, 0.2) is 0 Å². The standard InChI is InChI=1S/C15H20N2O2/c1-11-16-14(9-12-5-3-2-4-6-12)15(18)17(11)13-7-8-19-10-13/h2-6,11,13-14,16H,7-10H2,1H3. The van der Waals surface area contributed by atoms with Crippen molar-refractivity contribution >= 4 is 5.91 Å². The minimum Gasteiger partial charge on any atom is -0.379 e. The zero-order chi connectivity index (χ0) is 13.2. The maximum atomic E-state index is 12.5. The topological polar surface area (TPSA) is 41.6 Å². The summed E-state index contributed by atoms with van der Waals surface area (Å²) in [6.07, 6.45) is 1.82. The summed E-state index contributed by atoms with van der Waals surface area (Å²) in [4.78, 5) is 14.5. The van der Waals surface area contributed by atoms with Gasteiger partial charge < -0.3 is 9.64 Å². The fraction of sp³-hybridized carbons (Fsp3) is 0.533. The molecule has 3 unspecified atom stereocenters. The number of hydrogen-bond donors (Lipinski definition) is 1. The Bertz CT molecular complexity index is 443. The summed E-state index contributed by atoms with van der Waals surface area (Å²) in [5, 5.41) is 3.40. The Morgan fingerprint density at radius 1 is 1.37 bits per heavy atom. The molecule has 102 valence electrons. The molecule has 3 rings (SSSR count). The molecule has 2 aliphatic rings. The first kappa shape index (κ1) is 12.6. The van der Waals surface area contributed by atoms with E-state index in [1.165, 1.54) is 5.56 Å². The highest BCUT2D eigenvalue weighted by atomic mass is 16.5. The van der Waals surface area contributed by atoms with Gasteiger partial charge in [-0.25, -0.2) is 0 Å².